The Morgan fingerprint density at radius 3 is 1.96 bits per heavy atom. The van der Waals surface area contributed by atoms with Crippen molar-refractivity contribution in [3.63, 3.8) is 0 Å². The van der Waals surface area contributed by atoms with Crippen LogP contribution in [0.5, 0.6) is 11.6 Å². The van der Waals surface area contributed by atoms with Crippen LogP contribution in [0.3, 0.4) is 0 Å². The molecule has 0 unspecified atom stereocenters. The molecule has 2 aromatic carbocycles. The fourth-order valence-corrected chi connectivity index (χ4v) is 2.41. The Balaban J connectivity index is 1.70. The van der Waals surface area contributed by atoms with Crippen LogP contribution in [0.4, 0.5) is 0 Å². The summed E-state index contributed by atoms with van der Waals surface area (Å²) in [4.78, 5) is 4.43. The number of nitrogens with zero attached hydrogens (tertiary/aromatic N) is 1. The van der Waals surface area contributed by atoms with Crippen molar-refractivity contribution < 1.29 is 14.6 Å². The largest absolute Gasteiger partial charge is 0.489 e. The fourth-order valence-electron chi connectivity index (χ4n) is 2.41. The number of hydrogen-bond acceptors (Lipinski definition) is 4. The molecule has 0 atom stereocenters. The quantitative estimate of drug-likeness (QED) is 0.681. The third kappa shape index (κ3) is 5.33. The maximum atomic E-state index is 9.20. The highest BCUT2D eigenvalue weighted by atomic mass is 16.5. The first-order valence-electron chi connectivity index (χ1n) is 8.29. The van der Waals surface area contributed by atoms with Gasteiger partial charge in [0.05, 0.1) is 5.69 Å². The Bertz CT molecular complexity index is 714. The van der Waals surface area contributed by atoms with Gasteiger partial charge in [0.1, 0.15) is 19.0 Å². The summed E-state index contributed by atoms with van der Waals surface area (Å²) in [5, 5.41) is 9.20. The minimum Gasteiger partial charge on any atom is -0.489 e. The van der Waals surface area contributed by atoms with Crippen LogP contribution in [-0.2, 0) is 19.6 Å². The second-order valence-corrected chi connectivity index (χ2v) is 5.65. The number of rotatable bonds is 8. The van der Waals surface area contributed by atoms with E-state index >= 15 is 0 Å². The highest BCUT2D eigenvalue weighted by Crippen LogP contribution is 2.22. The van der Waals surface area contributed by atoms with Crippen LogP contribution in [0.15, 0.2) is 72.8 Å². The van der Waals surface area contributed by atoms with E-state index in [1.807, 2.05) is 66.7 Å². The summed E-state index contributed by atoms with van der Waals surface area (Å²) < 4.78 is 11.7. The first-order chi connectivity index (χ1) is 12.3. The average molecular weight is 335 g/mol. The highest BCUT2D eigenvalue weighted by molar-refractivity contribution is 5.31. The predicted molar refractivity (Wildman–Crippen MR) is 96.6 cm³/mol. The molecule has 0 saturated carbocycles. The molecule has 0 aliphatic rings. The number of hydrogen-bond donors (Lipinski definition) is 1. The molecule has 0 aliphatic carbocycles. The van der Waals surface area contributed by atoms with E-state index in [1.165, 1.54) is 0 Å². The smallest absolute Gasteiger partial charge is 0.217 e. The van der Waals surface area contributed by atoms with Crippen LogP contribution >= 0.6 is 0 Å². The normalized spacial score (nSPS) is 10.4. The van der Waals surface area contributed by atoms with Crippen LogP contribution in [0, 0.1) is 0 Å². The Morgan fingerprint density at radius 1 is 0.760 bits per heavy atom. The van der Waals surface area contributed by atoms with Crippen molar-refractivity contribution in [2.75, 3.05) is 6.61 Å². The van der Waals surface area contributed by atoms with E-state index < -0.39 is 0 Å². The highest BCUT2D eigenvalue weighted by Gasteiger charge is 2.06. The summed E-state index contributed by atoms with van der Waals surface area (Å²) >= 11 is 0. The molecule has 0 spiro atoms. The lowest BCUT2D eigenvalue weighted by atomic mass is 10.2. The number of aliphatic hydroxyl groups excluding tert-OH is 1. The van der Waals surface area contributed by atoms with Crippen LogP contribution < -0.4 is 9.47 Å². The molecular weight excluding hydrogens is 314 g/mol. The molecule has 0 radical (unpaired) electrons. The molecule has 3 rings (SSSR count). The Hall–Kier alpha value is -2.85. The Labute approximate surface area is 147 Å². The molecule has 0 fully saturated rings. The van der Waals surface area contributed by atoms with Crippen molar-refractivity contribution in [2.45, 2.75) is 19.6 Å². The van der Waals surface area contributed by atoms with Gasteiger partial charge in [-0.3, -0.25) is 0 Å². The van der Waals surface area contributed by atoms with E-state index in [9.17, 15) is 5.11 Å². The van der Waals surface area contributed by atoms with Gasteiger partial charge in [0.15, 0.2) is 0 Å². The summed E-state index contributed by atoms with van der Waals surface area (Å²) in [6.45, 7) is 0.948. The number of ether oxygens (including phenoxy) is 2. The van der Waals surface area contributed by atoms with Crippen LogP contribution in [0.2, 0.25) is 0 Å². The number of aromatic nitrogens is 1. The van der Waals surface area contributed by atoms with Crippen molar-refractivity contribution in [1.82, 2.24) is 4.98 Å². The van der Waals surface area contributed by atoms with Gasteiger partial charge in [0.2, 0.25) is 5.88 Å². The summed E-state index contributed by atoms with van der Waals surface area (Å²) in [5.41, 5.74) is 2.91. The molecule has 1 N–H and O–H groups in total. The van der Waals surface area contributed by atoms with Gasteiger partial charge in [-0.05, 0) is 11.1 Å². The van der Waals surface area contributed by atoms with Crippen LogP contribution in [0.25, 0.3) is 0 Å². The van der Waals surface area contributed by atoms with E-state index in [2.05, 4.69) is 4.98 Å². The van der Waals surface area contributed by atoms with Gasteiger partial charge in [-0.1, -0.05) is 60.7 Å². The molecule has 0 aliphatic heterocycles. The van der Waals surface area contributed by atoms with Gasteiger partial charge in [0.25, 0.3) is 0 Å². The van der Waals surface area contributed by atoms with Gasteiger partial charge in [-0.2, -0.15) is 0 Å². The van der Waals surface area contributed by atoms with Crippen molar-refractivity contribution in [3.05, 3.63) is 89.6 Å². The van der Waals surface area contributed by atoms with Gasteiger partial charge in [-0.15, -0.1) is 0 Å². The van der Waals surface area contributed by atoms with E-state index in [0.717, 1.165) is 16.8 Å². The molecule has 4 nitrogen and oxygen atoms in total. The average Bonchev–Trinajstić information content (AvgIpc) is 2.67. The van der Waals surface area contributed by atoms with E-state index in [1.54, 1.807) is 6.07 Å². The van der Waals surface area contributed by atoms with Gasteiger partial charge < -0.3 is 14.6 Å². The second kappa shape index (κ2) is 8.85. The first-order valence-corrected chi connectivity index (χ1v) is 8.29. The minimum absolute atomic E-state index is 0.0350. The van der Waals surface area contributed by atoms with E-state index in [-0.39, 0.29) is 6.61 Å². The standard InChI is InChI=1S/C21H21NO3/c23-12-11-19-13-20(24-15-17-7-3-1-4-8-17)14-21(22-19)25-16-18-9-5-2-6-10-18/h1-10,13-14,23H,11-12,15-16H2. The topological polar surface area (TPSA) is 51.6 Å². The lowest BCUT2D eigenvalue weighted by Gasteiger charge is -2.11. The molecule has 3 aromatic rings. The SMILES string of the molecule is OCCc1cc(OCc2ccccc2)cc(OCc2ccccc2)n1. The van der Waals surface area contributed by atoms with Gasteiger partial charge in [-0.25, -0.2) is 4.98 Å². The lowest BCUT2D eigenvalue weighted by molar-refractivity contribution is 0.275. The monoisotopic (exact) mass is 335 g/mol. The van der Waals surface area contributed by atoms with Crippen LogP contribution in [0.1, 0.15) is 16.8 Å². The number of aliphatic hydroxyl groups is 1. The third-order valence-corrected chi connectivity index (χ3v) is 3.67. The molecule has 4 heteroatoms. The molecule has 1 heterocycles. The van der Waals surface area contributed by atoms with Crippen LogP contribution in [-0.4, -0.2) is 16.7 Å². The van der Waals surface area contributed by atoms with Crippen molar-refractivity contribution in [1.29, 1.82) is 0 Å². The molecular formula is C21H21NO3. The van der Waals surface area contributed by atoms with Gasteiger partial charge >= 0.3 is 0 Å². The van der Waals surface area contributed by atoms with Gasteiger partial charge in [0, 0.05) is 25.2 Å². The Morgan fingerprint density at radius 2 is 1.36 bits per heavy atom. The third-order valence-electron chi connectivity index (χ3n) is 3.67. The molecule has 128 valence electrons. The number of benzene rings is 2. The summed E-state index contributed by atoms with van der Waals surface area (Å²) in [5.74, 6) is 1.18. The lowest BCUT2D eigenvalue weighted by Crippen LogP contribution is -2.03. The minimum atomic E-state index is 0.0350. The molecule has 0 saturated heterocycles. The van der Waals surface area contributed by atoms with Crippen molar-refractivity contribution in [3.8, 4) is 11.6 Å². The zero-order chi connectivity index (χ0) is 17.3. The fraction of sp³-hybridized carbons (Fsp3) is 0.190. The summed E-state index contributed by atoms with van der Waals surface area (Å²) in [7, 11) is 0. The predicted octanol–water partition coefficient (Wildman–Crippen LogP) is 3.77. The van der Waals surface area contributed by atoms with E-state index in [4.69, 9.17) is 9.47 Å². The maximum absolute atomic E-state index is 9.20. The molecule has 1 aromatic heterocycles. The van der Waals surface area contributed by atoms with Crippen molar-refractivity contribution >= 4 is 0 Å². The van der Waals surface area contributed by atoms with E-state index in [0.29, 0.717) is 31.3 Å². The number of pyridine rings is 1. The zero-order valence-electron chi connectivity index (χ0n) is 14.0. The van der Waals surface area contributed by atoms with Crippen molar-refractivity contribution in [2.24, 2.45) is 0 Å². The second-order valence-electron chi connectivity index (χ2n) is 5.65. The first kappa shape index (κ1) is 17.0. The summed E-state index contributed by atoms with van der Waals surface area (Å²) in [6, 6.07) is 23.5. The Kier molecular flexibility index (Phi) is 6.01. The molecule has 25 heavy (non-hydrogen) atoms. The molecule has 0 bridgehead atoms. The summed E-state index contributed by atoms with van der Waals surface area (Å²) in [6.07, 6.45) is 0.463. The molecule has 0 amide bonds. The zero-order valence-corrected chi connectivity index (χ0v) is 14.0. The maximum Gasteiger partial charge on any atom is 0.217 e.